The number of hydrogen-bond donors (Lipinski definition) is 1. The van der Waals surface area contributed by atoms with Gasteiger partial charge < -0.3 is 15.4 Å². The van der Waals surface area contributed by atoms with Crippen LogP contribution >= 0.6 is 11.3 Å². The van der Waals surface area contributed by atoms with Gasteiger partial charge in [-0.15, -0.1) is 11.3 Å². The van der Waals surface area contributed by atoms with Gasteiger partial charge in [-0.3, -0.25) is 14.5 Å². The van der Waals surface area contributed by atoms with Gasteiger partial charge in [-0.25, -0.2) is 0 Å². The summed E-state index contributed by atoms with van der Waals surface area (Å²) >= 11 is 1.52. The number of nitrogens with zero attached hydrogens (tertiary/aromatic N) is 2. The smallest absolute Gasteiger partial charge is 0.294 e. The molecule has 2 N–H and O–H groups in total. The zero-order valence-electron chi connectivity index (χ0n) is 14.9. The standard InChI is InChI=1S/C20H21N3O3S/c21-14-6-7-17-16(11-14)23(13-19(24)22-8-2-1-3-9-22)20(25)18(26-17)12-15-5-4-10-27-15/h4-7,10-12H,1-3,8-9,13,21H2/b18-12+. The summed E-state index contributed by atoms with van der Waals surface area (Å²) in [6, 6.07) is 8.96. The van der Waals surface area contributed by atoms with Crippen LogP contribution in [-0.4, -0.2) is 36.3 Å². The van der Waals surface area contributed by atoms with Crippen LogP contribution in [0.2, 0.25) is 0 Å². The Kier molecular flexibility index (Phi) is 4.85. The van der Waals surface area contributed by atoms with Gasteiger partial charge in [0.2, 0.25) is 5.91 Å². The molecule has 4 rings (SSSR count). The fraction of sp³-hybridized carbons (Fsp3) is 0.300. The Labute approximate surface area is 161 Å². The van der Waals surface area contributed by atoms with Crippen molar-refractivity contribution in [3.8, 4) is 5.75 Å². The van der Waals surface area contributed by atoms with Crippen molar-refractivity contribution < 1.29 is 14.3 Å². The summed E-state index contributed by atoms with van der Waals surface area (Å²) < 4.78 is 5.83. The number of ether oxygens (including phenoxy) is 1. The fourth-order valence-electron chi connectivity index (χ4n) is 3.37. The van der Waals surface area contributed by atoms with Crippen molar-refractivity contribution in [3.05, 3.63) is 46.3 Å². The number of nitrogens with two attached hydrogens (primary N) is 1. The molecule has 0 aliphatic carbocycles. The molecule has 27 heavy (non-hydrogen) atoms. The van der Waals surface area contributed by atoms with Gasteiger partial charge >= 0.3 is 0 Å². The van der Waals surface area contributed by atoms with Crippen LogP contribution < -0.4 is 15.4 Å². The van der Waals surface area contributed by atoms with Crippen molar-refractivity contribution in [2.75, 3.05) is 30.3 Å². The molecule has 2 amide bonds. The molecule has 2 aromatic rings. The summed E-state index contributed by atoms with van der Waals surface area (Å²) in [6.07, 6.45) is 4.88. The molecular weight excluding hydrogens is 362 g/mol. The van der Waals surface area contributed by atoms with E-state index in [2.05, 4.69) is 0 Å². The number of amides is 2. The van der Waals surface area contributed by atoms with Crippen molar-refractivity contribution in [1.29, 1.82) is 0 Å². The minimum Gasteiger partial charge on any atom is -0.449 e. The van der Waals surface area contributed by atoms with E-state index in [-0.39, 0.29) is 24.1 Å². The maximum absolute atomic E-state index is 13.1. The van der Waals surface area contributed by atoms with Gasteiger partial charge in [0, 0.05) is 29.7 Å². The molecule has 140 valence electrons. The second kappa shape index (κ2) is 7.44. The van der Waals surface area contributed by atoms with Crippen LogP contribution in [0, 0.1) is 0 Å². The van der Waals surface area contributed by atoms with E-state index in [1.165, 1.54) is 16.2 Å². The summed E-state index contributed by atoms with van der Waals surface area (Å²) in [5, 5.41) is 1.94. The number of nitrogen functional groups attached to an aromatic ring is 1. The lowest BCUT2D eigenvalue weighted by Gasteiger charge is -2.33. The number of rotatable bonds is 3. The lowest BCUT2D eigenvalue weighted by molar-refractivity contribution is -0.132. The third-order valence-electron chi connectivity index (χ3n) is 4.77. The van der Waals surface area contributed by atoms with Crippen LogP contribution in [0.4, 0.5) is 11.4 Å². The number of thiophene rings is 1. The molecule has 0 bridgehead atoms. The largest absolute Gasteiger partial charge is 0.449 e. The number of likely N-dealkylation sites (tertiary alicyclic amines) is 1. The molecule has 0 saturated carbocycles. The third-order valence-corrected chi connectivity index (χ3v) is 5.59. The number of carbonyl (C=O) groups excluding carboxylic acids is 2. The second-order valence-electron chi connectivity index (χ2n) is 6.69. The Morgan fingerprint density at radius 2 is 2.04 bits per heavy atom. The lowest BCUT2D eigenvalue weighted by atomic mass is 10.1. The molecular formula is C20H21N3O3S. The normalized spacial score (nSPS) is 18.4. The zero-order valence-corrected chi connectivity index (χ0v) is 15.7. The number of hydrogen-bond acceptors (Lipinski definition) is 5. The number of piperidine rings is 1. The number of carbonyl (C=O) groups is 2. The summed E-state index contributed by atoms with van der Waals surface area (Å²) in [7, 11) is 0. The molecule has 2 aliphatic heterocycles. The van der Waals surface area contributed by atoms with E-state index in [0.29, 0.717) is 17.1 Å². The Morgan fingerprint density at radius 1 is 1.22 bits per heavy atom. The Balaban J connectivity index is 1.66. The van der Waals surface area contributed by atoms with Crippen molar-refractivity contribution >= 4 is 40.6 Å². The summed E-state index contributed by atoms with van der Waals surface area (Å²) in [4.78, 5) is 30.1. The van der Waals surface area contributed by atoms with Crippen molar-refractivity contribution in [2.45, 2.75) is 19.3 Å². The van der Waals surface area contributed by atoms with Crippen LogP contribution in [-0.2, 0) is 9.59 Å². The molecule has 1 fully saturated rings. The minimum atomic E-state index is -0.327. The van der Waals surface area contributed by atoms with Gasteiger partial charge in [-0.1, -0.05) is 6.07 Å². The molecule has 0 spiro atoms. The first-order valence-electron chi connectivity index (χ1n) is 9.04. The average Bonchev–Trinajstić information content (AvgIpc) is 3.19. The van der Waals surface area contributed by atoms with Crippen molar-refractivity contribution in [3.63, 3.8) is 0 Å². The average molecular weight is 383 g/mol. The van der Waals surface area contributed by atoms with E-state index in [1.54, 1.807) is 24.3 Å². The van der Waals surface area contributed by atoms with E-state index in [9.17, 15) is 9.59 Å². The minimum absolute atomic E-state index is 0.0135. The maximum Gasteiger partial charge on any atom is 0.294 e. The Hall–Kier alpha value is -2.80. The maximum atomic E-state index is 13.1. The van der Waals surface area contributed by atoms with Gasteiger partial charge in [-0.05, 0) is 48.9 Å². The molecule has 1 saturated heterocycles. The highest BCUT2D eigenvalue weighted by atomic mass is 32.1. The summed E-state index contributed by atoms with van der Waals surface area (Å²) in [5.41, 5.74) is 6.96. The third kappa shape index (κ3) is 3.68. The first-order chi connectivity index (χ1) is 13.1. The SMILES string of the molecule is Nc1ccc2c(c1)N(CC(=O)N1CCCCC1)C(=O)/C(=C\c1cccs1)O2. The molecule has 0 unspecified atom stereocenters. The highest BCUT2D eigenvalue weighted by molar-refractivity contribution is 7.10. The molecule has 7 heteroatoms. The van der Waals surface area contributed by atoms with Crippen LogP contribution in [0.5, 0.6) is 5.75 Å². The van der Waals surface area contributed by atoms with Crippen LogP contribution in [0.3, 0.4) is 0 Å². The quantitative estimate of drug-likeness (QED) is 0.653. The predicted octanol–water partition coefficient (Wildman–Crippen LogP) is 3.11. The van der Waals surface area contributed by atoms with Gasteiger partial charge in [0.1, 0.15) is 6.54 Å². The molecule has 3 heterocycles. The topological polar surface area (TPSA) is 75.9 Å². The van der Waals surface area contributed by atoms with E-state index >= 15 is 0 Å². The van der Waals surface area contributed by atoms with Crippen LogP contribution in [0.15, 0.2) is 41.5 Å². The summed E-state index contributed by atoms with van der Waals surface area (Å²) in [5.74, 6) is 0.361. The van der Waals surface area contributed by atoms with Crippen LogP contribution in [0.1, 0.15) is 24.1 Å². The summed E-state index contributed by atoms with van der Waals surface area (Å²) in [6.45, 7) is 1.48. The predicted molar refractivity (Wildman–Crippen MR) is 107 cm³/mol. The van der Waals surface area contributed by atoms with Gasteiger partial charge in [0.25, 0.3) is 5.91 Å². The monoisotopic (exact) mass is 383 g/mol. The molecule has 0 atom stereocenters. The van der Waals surface area contributed by atoms with Gasteiger partial charge in [0.15, 0.2) is 11.5 Å². The Bertz CT molecular complexity index is 886. The highest BCUT2D eigenvalue weighted by Gasteiger charge is 2.33. The fourth-order valence-corrected chi connectivity index (χ4v) is 4.01. The van der Waals surface area contributed by atoms with Gasteiger partial charge in [-0.2, -0.15) is 0 Å². The van der Waals surface area contributed by atoms with Gasteiger partial charge in [0.05, 0.1) is 5.69 Å². The van der Waals surface area contributed by atoms with Crippen molar-refractivity contribution in [2.24, 2.45) is 0 Å². The molecule has 1 aromatic heterocycles. The lowest BCUT2D eigenvalue weighted by Crippen LogP contribution is -2.47. The van der Waals surface area contributed by atoms with Crippen molar-refractivity contribution in [1.82, 2.24) is 4.90 Å². The zero-order chi connectivity index (χ0) is 18.8. The first kappa shape index (κ1) is 17.6. The molecule has 0 radical (unpaired) electrons. The number of benzene rings is 1. The van der Waals surface area contributed by atoms with Crippen LogP contribution in [0.25, 0.3) is 6.08 Å². The molecule has 2 aliphatic rings. The van der Waals surface area contributed by atoms with E-state index in [1.807, 2.05) is 22.4 Å². The number of anilines is 2. The second-order valence-corrected chi connectivity index (χ2v) is 7.67. The number of fused-ring (bicyclic) bond motifs is 1. The first-order valence-corrected chi connectivity index (χ1v) is 9.92. The Morgan fingerprint density at radius 3 is 2.78 bits per heavy atom. The molecule has 1 aromatic carbocycles. The molecule has 6 nitrogen and oxygen atoms in total. The van der Waals surface area contributed by atoms with E-state index < -0.39 is 0 Å². The highest BCUT2D eigenvalue weighted by Crippen LogP contribution is 2.37. The van der Waals surface area contributed by atoms with E-state index in [4.69, 9.17) is 10.5 Å². The van der Waals surface area contributed by atoms with E-state index in [0.717, 1.165) is 37.2 Å².